The Kier molecular flexibility index (Phi) is 11.1. The number of amides is 4. The second-order valence-corrected chi connectivity index (χ2v) is 6.73. The largest absolute Gasteiger partial charge is 0.481 e. The number of carbonyl (C=O) groups is 6. The maximum absolute atomic E-state index is 12.5. The zero-order valence-electron chi connectivity index (χ0n) is 16.8. The molecule has 11 N–H and O–H groups in total. The molecule has 0 bridgehead atoms. The van der Waals surface area contributed by atoms with Crippen LogP contribution in [-0.2, 0) is 28.8 Å². The number of hydrogen-bond acceptors (Lipinski definition) is 9. The molecule has 6 unspecified atom stereocenters. The molecule has 0 aromatic heterocycles. The molecule has 0 aliphatic rings. The van der Waals surface area contributed by atoms with Gasteiger partial charge in [0.05, 0.1) is 31.1 Å². The third kappa shape index (κ3) is 9.83. The Bertz CT molecular complexity index is 711. The fourth-order valence-electron chi connectivity index (χ4n) is 2.26. The number of aliphatic carboxylic acids is 2. The van der Waals surface area contributed by atoms with Crippen molar-refractivity contribution in [1.82, 2.24) is 16.0 Å². The molecule has 0 aliphatic carbocycles. The number of aliphatic hydroxyl groups excluding tert-OH is 2. The van der Waals surface area contributed by atoms with Gasteiger partial charge in [-0.15, -0.1) is 0 Å². The highest BCUT2D eigenvalue weighted by molar-refractivity contribution is 5.96. The van der Waals surface area contributed by atoms with E-state index in [4.69, 9.17) is 21.7 Å². The number of carboxylic acids is 2. The van der Waals surface area contributed by atoms with Gasteiger partial charge in [0.25, 0.3) is 0 Å². The number of carboxylic acid groups (broad SMARTS) is 2. The van der Waals surface area contributed by atoms with Crippen LogP contribution in [0.4, 0.5) is 0 Å². The third-order valence-electron chi connectivity index (χ3n) is 3.88. The minimum absolute atomic E-state index is 0.761. The van der Waals surface area contributed by atoms with E-state index in [2.05, 4.69) is 0 Å². The first kappa shape index (κ1) is 27.7. The number of carbonyl (C=O) groups excluding carboxylic acids is 4. The normalized spacial score (nSPS) is 16.5. The highest BCUT2D eigenvalue weighted by atomic mass is 16.4. The molecule has 0 saturated carbocycles. The summed E-state index contributed by atoms with van der Waals surface area (Å²) in [6.07, 6.45) is -4.60. The maximum Gasteiger partial charge on any atom is 0.328 e. The topological polar surface area (TPSA) is 271 Å². The number of nitrogens with two attached hydrogens (primary N) is 2. The van der Waals surface area contributed by atoms with Gasteiger partial charge in [-0.05, 0) is 13.8 Å². The maximum atomic E-state index is 12.5. The van der Waals surface area contributed by atoms with Crippen molar-refractivity contribution in [2.45, 2.75) is 63.1 Å². The second-order valence-electron chi connectivity index (χ2n) is 6.73. The summed E-state index contributed by atoms with van der Waals surface area (Å²) in [5, 5.41) is 42.9. The molecule has 4 amide bonds. The lowest BCUT2D eigenvalue weighted by atomic mass is 10.1. The van der Waals surface area contributed by atoms with Gasteiger partial charge in [0, 0.05) is 0 Å². The summed E-state index contributed by atoms with van der Waals surface area (Å²) in [6, 6.07) is -6.72. The van der Waals surface area contributed by atoms with Gasteiger partial charge in [0.15, 0.2) is 6.04 Å². The van der Waals surface area contributed by atoms with Crippen molar-refractivity contribution in [2.24, 2.45) is 11.5 Å². The molecule has 0 radical (unpaired) electrons. The molecule has 0 rings (SSSR count). The first-order chi connectivity index (χ1) is 14.2. The minimum atomic E-state index is -1.76. The van der Waals surface area contributed by atoms with E-state index >= 15 is 0 Å². The van der Waals surface area contributed by atoms with Crippen LogP contribution in [0.1, 0.15) is 26.7 Å². The van der Waals surface area contributed by atoms with Crippen LogP contribution in [-0.4, -0.2) is 92.4 Å². The quantitative estimate of drug-likeness (QED) is 0.128. The van der Waals surface area contributed by atoms with Crippen molar-refractivity contribution in [3.8, 4) is 0 Å². The summed E-state index contributed by atoms with van der Waals surface area (Å²) >= 11 is 0. The molecular weight excluding hydrogens is 422 g/mol. The van der Waals surface area contributed by atoms with Crippen molar-refractivity contribution in [2.75, 3.05) is 0 Å². The molecule has 15 nitrogen and oxygen atoms in total. The molecule has 6 atom stereocenters. The van der Waals surface area contributed by atoms with E-state index in [1.54, 1.807) is 0 Å². The summed E-state index contributed by atoms with van der Waals surface area (Å²) in [5.74, 6) is -7.46. The fraction of sp³-hybridized carbons (Fsp3) is 0.625. The lowest BCUT2D eigenvalue weighted by Gasteiger charge is -2.26. The Morgan fingerprint density at radius 2 is 1.26 bits per heavy atom. The van der Waals surface area contributed by atoms with Crippen molar-refractivity contribution >= 4 is 35.6 Å². The van der Waals surface area contributed by atoms with Crippen LogP contribution in [0.15, 0.2) is 0 Å². The van der Waals surface area contributed by atoms with Gasteiger partial charge < -0.3 is 47.8 Å². The van der Waals surface area contributed by atoms with Crippen molar-refractivity contribution in [3.63, 3.8) is 0 Å². The predicted octanol–water partition coefficient (Wildman–Crippen LogP) is -5.04. The van der Waals surface area contributed by atoms with Gasteiger partial charge in [-0.2, -0.15) is 0 Å². The summed E-state index contributed by atoms with van der Waals surface area (Å²) in [4.78, 5) is 69.8. The summed E-state index contributed by atoms with van der Waals surface area (Å²) < 4.78 is 0. The zero-order chi connectivity index (χ0) is 24.5. The SMILES string of the molecule is CC(O)C(NC(=O)C(CC(N)=O)NC(=O)C(NC(=O)C(N)CC(=O)O)C(C)O)C(=O)O. The second kappa shape index (κ2) is 12.4. The molecule has 0 spiro atoms. The molecule has 176 valence electrons. The van der Waals surface area contributed by atoms with Crippen LogP contribution in [0.3, 0.4) is 0 Å². The molecule has 15 heteroatoms. The fourth-order valence-corrected chi connectivity index (χ4v) is 2.26. The van der Waals surface area contributed by atoms with Crippen molar-refractivity contribution < 1.29 is 49.2 Å². The summed E-state index contributed by atoms with van der Waals surface area (Å²) in [5.41, 5.74) is 10.4. The van der Waals surface area contributed by atoms with E-state index in [1.165, 1.54) is 0 Å². The van der Waals surface area contributed by atoms with Crippen LogP contribution in [0.5, 0.6) is 0 Å². The molecule has 31 heavy (non-hydrogen) atoms. The minimum Gasteiger partial charge on any atom is -0.481 e. The number of nitrogens with one attached hydrogen (secondary N) is 3. The van der Waals surface area contributed by atoms with Crippen molar-refractivity contribution in [1.29, 1.82) is 0 Å². The smallest absolute Gasteiger partial charge is 0.328 e. The Hall–Kier alpha value is -3.30. The van der Waals surface area contributed by atoms with Crippen molar-refractivity contribution in [3.05, 3.63) is 0 Å². The average Bonchev–Trinajstić information content (AvgIpc) is 2.60. The van der Waals surface area contributed by atoms with Gasteiger partial charge in [-0.3, -0.25) is 24.0 Å². The summed E-state index contributed by atoms with van der Waals surface area (Å²) in [6.45, 7) is 2.18. The van der Waals surface area contributed by atoms with Crippen LogP contribution in [0, 0.1) is 0 Å². The monoisotopic (exact) mass is 449 g/mol. The average molecular weight is 449 g/mol. The van der Waals surface area contributed by atoms with Crippen LogP contribution >= 0.6 is 0 Å². The Balaban J connectivity index is 5.46. The van der Waals surface area contributed by atoms with Crippen LogP contribution in [0.2, 0.25) is 0 Å². The Morgan fingerprint density at radius 3 is 1.65 bits per heavy atom. The van der Waals surface area contributed by atoms with E-state index in [0.717, 1.165) is 13.8 Å². The number of rotatable bonds is 13. The lowest BCUT2D eigenvalue weighted by molar-refractivity contribution is -0.145. The van der Waals surface area contributed by atoms with E-state index in [1.807, 2.05) is 16.0 Å². The van der Waals surface area contributed by atoms with E-state index in [-0.39, 0.29) is 0 Å². The molecular formula is C16H27N5O10. The standard InChI is InChI=1S/C16H27N5O10/c1-5(22)11(20-13(27)7(17)3-10(25)26)15(29)19-8(4-9(18)24)14(28)21-12(6(2)23)16(30)31/h5-8,11-12,22-23H,3-4,17H2,1-2H3,(H2,18,24)(H,19,29)(H,20,27)(H,21,28)(H,25,26)(H,30,31). The third-order valence-corrected chi connectivity index (χ3v) is 3.88. The Labute approximate surface area is 176 Å². The molecule has 0 saturated heterocycles. The molecule has 0 aromatic rings. The number of hydrogen-bond donors (Lipinski definition) is 9. The number of aliphatic hydroxyl groups is 2. The van der Waals surface area contributed by atoms with Crippen LogP contribution < -0.4 is 27.4 Å². The van der Waals surface area contributed by atoms with Crippen LogP contribution in [0.25, 0.3) is 0 Å². The zero-order valence-corrected chi connectivity index (χ0v) is 16.8. The van der Waals surface area contributed by atoms with Gasteiger partial charge in [0.1, 0.15) is 12.1 Å². The molecule has 0 heterocycles. The highest BCUT2D eigenvalue weighted by Gasteiger charge is 2.34. The van der Waals surface area contributed by atoms with E-state index in [9.17, 15) is 39.0 Å². The number of primary amides is 1. The van der Waals surface area contributed by atoms with Gasteiger partial charge in [0.2, 0.25) is 23.6 Å². The van der Waals surface area contributed by atoms with E-state index in [0.29, 0.717) is 0 Å². The van der Waals surface area contributed by atoms with Gasteiger partial charge in [-0.25, -0.2) is 4.79 Å². The van der Waals surface area contributed by atoms with Gasteiger partial charge in [-0.1, -0.05) is 0 Å². The summed E-state index contributed by atoms with van der Waals surface area (Å²) in [7, 11) is 0. The van der Waals surface area contributed by atoms with Gasteiger partial charge >= 0.3 is 11.9 Å². The molecule has 0 aliphatic heterocycles. The lowest BCUT2D eigenvalue weighted by Crippen LogP contribution is -2.61. The van der Waals surface area contributed by atoms with E-state index < -0.39 is 84.8 Å². The highest BCUT2D eigenvalue weighted by Crippen LogP contribution is 2.02. The first-order valence-corrected chi connectivity index (χ1v) is 8.93. The molecule has 0 aromatic carbocycles. The first-order valence-electron chi connectivity index (χ1n) is 8.93. The molecule has 0 fully saturated rings. The Morgan fingerprint density at radius 1 is 0.774 bits per heavy atom. The predicted molar refractivity (Wildman–Crippen MR) is 101 cm³/mol.